The third-order valence-corrected chi connectivity index (χ3v) is 2.78. The molecule has 0 atom stereocenters. The maximum Gasteiger partial charge on any atom is 0.252 e. The van der Waals surface area contributed by atoms with Gasteiger partial charge in [-0.2, -0.15) is 5.10 Å². The van der Waals surface area contributed by atoms with Crippen LogP contribution in [0, 0.1) is 5.41 Å². The lowest BCUT2D eigenvalue weighted by atomic mass is 9.86. The lowest BCUT2D eigenvalue weighted by Crippen LogP contribution is -2.37. The molecule has 0 saturated carbocycles. The minimum absolute atomic E-state index is 0.0629. The summed E-state index contributed by atoms with van der Waals surface area (Å²) < 4.78 is 27.7. The SMILES string of the molecule is CC(F)(F)C(C)(C)Cn1cc(Cl)c(N)n1. The van der Waals surface area contributed by atoms with Crippen LogP contribution in [0.4, 0.5) is 14.6 Å². The summed E-state index contributed by atoms with van der Waals surface area (Å²) in [6.07, 6.45) is 1.45. The summed E-state index contributed by atoms with van der Waals surface area (Å²) in [4.78, 5) is 0. The van der Waals surface area contributed by atoms with E-state index in [1.165, 1.54) is 24.7 Å². The van der Waals surface area contributed by atoms with E-state index in [9.17, 15) is 8.78 Å². The lowest BCUT2D eigenvalue weighted by molar-refractivity contribution is -0.0972. The normalized spacial score (nSPS) is 13.2. The van der Waals surface area contributed by atoms with Crippen molar-refractivity contribution in [2.24, 2.45) is 5.41 Å². The number of anilines is 1. The molecule has 0 aromatic carbocycles. The number of halogens is 3. The number of hydrogen-bond acceptors (Lipinski definition) is 2. The molecule has 0 unspecified atom stereocenters. The van der Waals surface area contributed by atoms with Crippen LogP contribution in [0.25, 0.3) is 0 Å². The van der Waals surface area contributed by atoms with E-state index in [0.717, 1.165) is 6.92 Å². The molecule has 0 aliphatic rings. The zero-order valence-corrected chi connectivity index (χ0v) is 9.65. The number of aromatic nitrogens is 2. The van der Waals surface area contributed by atoms with Gasteiger partial charge < -0.3 is 5.73 Å². The summed E-state index contributed by atoms with van der Waals surface area (Å²) in [6, 6.07) is 0. The minimum atomic E-state index is -2.79. The van der Waals surface area contributed by atoms with Gasteiger partial charge in [0.2, 0.25) is 0 Å². The highest BCUT2D eigenvalue weighted by Crippen LogP contribution is 2.37. The molecule has 0 amide bonds. The first-order valence-corrected chi connectivity index (χ1v) is 4.87. The van der Waals surface area contributed by atoms with Crippen molar-refractivity contribution < 1.29 is 8.78 Å². The average Bonchev–Trinajstić information content (AvgIpc) is 2.27. The van der Waals surface area contributed by atoms with Gasteiger partial charge in [0.1, 0.15) is 5.02 Å². The maximum absolute atomic E-state index is 13.2. The fourth-order valence-corrected chi connectivity index (χ4v) is 1.19. The number of nitrogens with zero attached hydrogens (tertiary/aromatic N) is 2. The standard InChI is InChI=1S/C9H14ClF2N3/c1-8(2,9(3,11)12)5-15-4-6(10)7(13)14-15/h4H,5H2,1-3H3,(H2,13,14). The van der Waals surface area contributed by atoms with Gasteiger partial charge in [-0.3, -0.25) is 4.68 Å². The van der Waals surface area contributed by atoms with Gasteiger partial charge in [-0.25, -0.2) is 8.78 Å². The summed E-state index contributed by atoms with van der Waals surface area (Å²) >= 11 is 5.68. The minimum Gasteiger partial charge on any atom is -0.381 e. The third-order valence-electron chi connectivity index (χ3n) is 2.49. The van der Waals surface area contributed by atoms with Crippen molar-refractivity contribution in [2.75, 3.05) is 5.73 Å². The number of rotatable bonds is 3. The maximum atomic E-state index is 13.2. The molecule has 0 aliphatic carbocycles. The highest BCUT2D eigenvalue weighted by atomic mass is 35.5. The van der Waals surface area contributed by atoms with Gasteiger partial charge >= 0.3 is 0 Å². The molecule has 2 N–H and O–H groups in total. The highest BCUT2D eigenvalue weighted by molar-refractivity contribution is 6.32. The van der Waals surface area contributed by atoms with Gasteiger partial charge in [-0.15, -0.1) is 0 Å². The number of nitrogen functional groups attached to an aromatic ring is 1. The highest BCUT2D eigenvalue weighted by Gasteiger charge is 2.42. The molecule has 0 radical (unpaired) electrons. The van der Waals surface area contributed by atoms with E-state index in [1.807, 2.05) is 0 Å². The molecule has 1 aromatic rings. The Labute approximate surface area is 92.2 Å². The molecule has 0 spiro atoms. The van der Waals surface area contributed by atoms with E-state index >= 15 is 0 Å². The Hall–Kier alpha value is -0.840. The number of alkyl halides is 2. The van der Waals surface area contributed by atoms with Crippen LogP contribution < -0.4 is 5.73 Å². The molecule has 1 rings (SSSR count). The molecule has 0 saturated heterocycles. The first kappa shape index (κ1) is 12.2. The van der Waals surface area contributed by atoms with E-state index in [0.29, 0.717) is 0 Å². The van der Waals surface area contributed by atoms with Crippen molar-refractivity contribution in [1.29, 1.82) is 0 Å². The Balaban J connectivity index is 2.86. The van der Waals surface area contributed by atoms with Gasteiger partial charge in [0.05, 0.1) is 6.54 Å². The molecule has 6 heteroatoms. The van der Waals surface area contributed by atoms with Gasteiger partial charge in [-0.05, 0) is 6.92 Å². The quantitative estimate of drug-likeness (QED) is 0.879. The first-order chi connectivity index (χ1) is 6.63. The molecule has 86 valence electrons. The van der Waals surface area contributed by atoms with Gasteiger partial charge in [-0.1, -0.05) is 25.4 Å². The lowest BCUT2D eigenvalue weighted by Gasteiger charge is -2.31. The zero-order chi connectivity index (χ0) is 11.9. The van der Waals surface area contributed by atoms with Crippen molar-refractivity contribution in [3.05, 3.63) is 11.2 Å². The van der Waals surface area contributed by atoms with E-state index in [4.69, 9.17) is 17.3 Å². The molecule has 0 bridgehead atoms. The second-order valence-electron chi connectivity index (χ2n) is 4.33. The summed E-state index contributed by atoms with van der Waals surface area (Å²) in [5.41, 5.74) is 4.22. The first-order valence-electron chi connectivity index (χ1n) is 4.50. The molecule has 1 aromatic heterocycles. The second kappa shape index (κ2) is 3.63. The predicted molar refractivity (Wildman–Crippen MR) is 56.1 cm³/mol. The fourth-order valence-electron chi connectivity index (χ4n) is 1.04. The summed E-state index contributed by atoms with van der Waals surface area (Å²) in [5.74, 6) is -2.63. The Morgan fingerprint density at radius 1 is 1.47 bits per heavy atom. The van der Waals surface area contributed by atoms with Crippen LogP contribution in [-0.2, 0) is 6.54 Å². The zero-order valence-electron chi connectivity index (χ0n) is 8.89. The molecule has 3 nitrogen and oxygen atoms in total. The van der Waals surface area contributed by atoms with E-state index in [1.54, 1.807) is 0 Å². The topological polar surface area (TPSA) is 43.8 Å². The monoisotopic (exact) mass is 237 g/mol. The van der Waals surface area contributed by atoms with Gasteiger partial charge in [0.25, 0.3) is 5.92 Å². The summed E-state index contributed by atoms with van der Waals surface area (Å²) in [6.45, 7) is 3.90. The summed E-state index contributed by atoms with van der Waals surface area (Å²) in [7, 11) is 0. The number of hydrogen-bond donors (Lipinski definition) is 1. The smallest absolute Gasteiger partial charge is 0.252 e. The van der Waals surface area contributed by atoms with Crippen molar-refractivity contribution in [1.82, 2.24) is 9.78 Å². The molecule has 0 fully saturated rings. The Kier molecular flexibility index (Phi) is 2.96. The second-order valence-corrected chi connectivity index (χ2v) is 4.74. The van der Waals surface area contributed by atoms with Crippen molar-refractivity contribution in [3.8, 4) is 0 Å². The molecular formula is C9H14ClF2N3. The van der Waals surface area contributed by atoms with Crippen molar-refractivity contribution in [2.45, 2.75) is 33.2 Å². The number of nitrogens with two attached hydrogens (primary N) is 1. The van der Waals surface area contributed by atoms with Crippen LogP contribution in [-0.4, -0.2) is 15.7 Å². The Morgan fingerprint density at radius 3 is 2.33 bits per heavy atom. The van der Waals surface area contributed by atoms with Gasteiger partial charge in [0.15, 0.2) is 5.82 Å². The van der Waals surface area contributed by atoms with E-state index in [2.05, 4.69) is 5.10 Å². The van der Waals surface area contributed by atoms with Crippen LogP contribution in [0.1, 0.15) is 20.8 Å². The van der Waals surface area contributed by atoms with Crippen molar-refractivity contribution in [3.63, 3.8) is 0 Å². The molecule has 15 heavy (non-hydrogen) atoms. The summed E-state index contributed by atoms with van der Waals surface area (Å²) in [5, 5.41) is 4.12. The third kappa shape index (κ3) is 2.59. The Bertz CT molecular complexity index is 335. The molecule has 0 aliphatic heterocycles. The molecule has 1 heterocycles. The predicted octanol–water partition coefficient (Wildman–Crippen LogP) is 2.80. The van der Waals surface area contributed by atoms with E-state index in [-0.39, 0.29) is 17.4 Å². The fraction of sp³-hybridized carbons (Fsp3) is 0.667. The van der Waals surface area contributed by atoms with E-state index < -0.39 is 11.3 Å². The van der Waals surface area contributed by atoms with Crippen LogP contribution >= 0.6 is 11.6 Å². The van der Waals surface area contributed by atoms with Crippen LogP contribution in [0.5, 0.6) is 0 Å². The van der Waals surface area contributed by atoms with Gasteiger partial charge in [0, 0.05) is 11.6 Å². The van der Waals surface area contributed by atoms with Crippen molar-refractivity contribution >= 4 is 17.4 Å². The van der Waals surface area contributed by atoms with Crippen LogP contribution in [0.15, 0.2) is 6.20 Å². The Morgan fingerprint density at radius 2 is 2.00 bits per heavy atom. The largest absolute Gasteiger partial charge is 0.381 e. The van der Waals surface area contributed by atoms with Crippen LogP contribution in [0.3, 0.4) is 0 Å². The molecular weight excluding hydrogens is 224 g/mol. The van der Waals surface area contributed by atoms with Crippen LogP contribution in [0.2, 0.25) is 5.02 Å². The average molecular weight is 238 g/mol.